The lowest BCUT2D eigenvalue weighted by atomic mass is 10.0. The molecule has 19 N–H and O–H groups in total. The number of methoxy groups -OCH3 is 4. The van der Waals surface area contributed by atoms with Crippen LogP contribution in [0.25, 0.3) is 0 Å². The third-order valence-electron chi connectivity index (χ3n) is 14.1. The van der Waals surface area contributed by atoms with Crippen molar-refractivity contribution in [2.45, 2.75) is 121 Å². The number of hydrogen-bond acceptors (Lipinski definition) is 18. The Bertz CT molecular complexity index is 3040. The molecule has 4 aromatic rings. The molecule has 8 amide bonds. The zero-order chi connectivity index (χ0) is 64.9. The van der Waals surface area contributed by atoms with Gasteiger partial charge in [-0.15, -0.1) is 0 Å². The molecule has 27 heteroatoms. The summed E-state index contributed by atoms with van der Waals surface area (Å²) in [6.07, 6.45) is 5.02. The fourth-order valence-electron chi connectivity index (χ4n) is 9.14. The predicted molar refractivity (Wildman–Crippen MR) is 334 cm³/mol. The number of carboxylic acid groups (broad SMARTS) is 1. The number of nitrogens with two attached hydrogens (primary N) is 5. The van der Waals surface area contributed by atoms with Crippen LogP contribution in [0.4, 0.5) is 22.7 Å². The molecular weight excluding hydrogens is 1140 g/mol. The van der Waals surface area contributed by atoms with E-state index < -0.39 is 89.4 Å². The Kier molecular flexibility index (Phi) is 30.1. The first-order valence-corrected chi connectivity index (χ1v) is 29.1. The summed E-state index contributed by atoms with van der Waals surface area (Å²) in [6, 6.07) is 11.7. The first-order valence-electron chi connectivity index (χ1n) is 29.1. The van der Waals surface area contributed by atoms with E-state index in [4.69, 9.17) is 47.6 Å². The van der Waals surface area contributed by atoms with Gasteiger partial charge in [-0.3, -0.25) is 38.4 Å². The molecule has 4 aromatic carbocycles. The topological polar surface area (TPSA) is 437 Å². The summed E-state index contributed by atoms with van der Waals surface area (Å²) in [5.41, 5.74) is 29.5. The van der Waals surface area contributed by atoms with E-state index in [0.29, 0.717) is 84.0 Å². The summed E-state index contributed by atoms with van der Waals surface area (Å²) in [4.78, 5) is 123. The fourth-order valence-corrected chi connectivity index (χ4v) is 9.14. The van der Waals surface area contributed by atoms with Gasteiger partial charge in [0.1, 0.15) is 47.2 Å². The monoisotopic (exact) mass is 1230 g/mol. The molecule has 0 radical (unpaired) electrons. The lowest BCUT2D eigenvalue weighted by Gasteiger charge is -2.22. The van der Waals surface area contributed by atoms with Crippen molar-refractivity contribution in [2.75, 3.05) is 75.9 Å². The number of unbranched alkanes of at least 4 members (excludes halogenated alkanes) is 4. The van der Waals surface area contributed by atoms with Gasteiger partial charge in [-0.1, -0.05) is 20.3 Å². The highest BCUT2D eigenvalue weighted by Gasteiger charge is 2.30. The Balaban J connectivity index is 1.56. The maximum atomic E-state index is 14.3. The molecule has 0 aliphatic heterocycles. The minimum Gasteiger partial charge on any atom is -0.496 e. The quantitative estimate of drug-likeness (QED) is 0.0285. The summed E-state index contributed by atoms with van der Waals surface area (Å²) in [6.45, 7) is 4.67. The van der Waals surface area contributed by atoms with Crippen LogP contribution in [0.3, 0.4) is 0 Å². The molecule has 0 heterocycles. The van der Waals surface area contributed by atoms with Gasteiger partial charge in [0.05, 0.1) is 56.7 Å². The second-order valence-corrected chi connectivity index (χ2v) is 21.0. The van der Waals surface area contributed by atoms with Crippen molar-refractivity contribution in [1.29, 1.82) is 0 Å². The van der Waals surface area contributed by atoms with Gasteiger partial charge < -0.3 is 95.3 Å². The highest BCUT2D eigenvalue weighted by molar-refractivity contribution is 6.08. The predicted octanol–water partition coefficient (Wildman–Crippen LogP) is 3.55. The minimum absolute atomic E-state index is 0.0239. The van der Waals surface area contributed by atoms with Crippen molar-refractivity contribution in [3.8, 4) is 23.0 Å². The van der Waals surface area contributed by atoms with E-state index in [2.05, 4.69) is 42.5 Å². The lowest BCUT2D eigenvalue weighted by molar-refractivity contribution is -0.140. The van der Waals surface area contributed by atoms with Gasteiger partial charge in [-0.25, -0.2) is 4.79 Å². The van der Waals surface area contributed by atoms with Crippen molar-refractivity contribution in [3.05, 3.63) is 95.1 Å². The third-order valence-corrected chi connectivity index (χ3v) is 14.1. The molecule has 0 saturated heterocycles. The first kappa shape index (κ1) is 71.6. The highest BCUT2D eigenvalue weighted by atomic mass is 16.5. The van der Waals surface area contributed by atoms with Gasteiger partial charge >= 0.3 is 5.97 Å². The number of ether oxygens (including phenoxy) is 4. The molecule has 88 heavy (non-hydrogen) atoms. The molecule has 0 fully saturated rings. The molecular formula is C61H87N13O14. The van der Waals surface area contributed by atoms with E-state index >= 15 is 0 Å². The molecule has 0 aliphatic rings. The lowest BCUT2D eigenvalue weighted by Crippen LogP contribution is -2.45. The van der Waals surface area contributed by atoms with Crippen LogP contribution < -0.4 is 90.2 Å². The van der Waals surface area contributed by atoms with Crippen LogP contribution in [-0.2, 0) is 24.0 Å². The van der Waals surface area contributed by atoms with Gasteiger partial charge in [0.2, 0.25) is 23.6 Å². The molecule has 27 nitrogen and oxygen atoms in total. The largest absolute Gasteiger partial charge is 0.496 e. The molecule has 0 bridgehead atoms. The molecule has 5 atom stereocenters. The SMILES string of the molecule is COc1ccc(NC(=O)[C@H](CCCCN)NC(=O)c2cc(NC(=O)[C@@H](N)CCCCN)ccc2OC)cc1C(=O)N[C@@H](CCCCN)C(=O)Nc1ccc(OC)c(C(=O)N[C@@H](CCCCN)C(=O)Nc2ccc(OC)c(C(=O)N[C@H](C(=O)O)C(C)C)c2)c1. The van der Waals surface area contributed by atoms with Crippen LogP contribution in [0.5, 0.6) is 23.0 Å². The minimum atomic E-state index is -1.23. The smallest absolute Gasteiger partial charge is 0.326 e. The molecule has 480 valence electrons. The second-order valence-electron chi connectivity index (χ2n) is 21.0. The van der Waals surface area contributed by atoms with E-state index in [0.717, 1.165) is 0 Å². The van der Waals surface area contributed by atoms with Crippen molar-refractivity contribution < 1.29 is 67.2 Å². The maximum Gasteiger partial charge on any atom is 0.326 e. The van der Waals surface area contributed by atoms with Crippen molar-refractivity contribution in [2.24, 2.45) is 34.6 Å². The molecule has 0 spiro atoms. The maximum absolute atomic E-state index is 14.3. The number of carbonyl (C=O) groups excluding carboxylic acids is 8. The van der Waals surface area contributed by atoms with Crippen LogP contribution in [-0.4, -0.2) is 143 Å². The summed E-state index contributed by atoms with van der Waals surface area (Å²) in [5.74, 6) is -6.63. The van der Waals surface area contributed by atoms with Gasteiger partial charge in [-0.2, -0.15) is 0 Å². The van der Waals surface area contributed by atoms with Crippen LogP contribution >= 0.6 is 0 Å². The van der Waals surface area contributed by atoms with E-state index in [9.17, 15) is 48.3 Å². The summed E-state index contributed by atoms with van der Waals surface area (Å²) < 4.78 is 21.9. The average Bonchev–Trinajstić information content (AvgIpc) is 2.83. The van der Waals surface area contributed by atoms with Crippen molar-refractivity contribution in [1.82, 2.24) is 21.3 Å². The zero-order valence-corrected chi connectivity index (χ0v) is 50.8. The summed E-state index contributed by atoms with van der Waals surface area (Å²) in [7, 11) is 5.37. The van der Waals surface area contributed by atoms with E-state index in [-0.39, 0.29) is 87.3 Å². The van der Waals surface area contributed by atoms with Crippen LogP contribution in [0.2, 0.25) is 0 Å². The molecule has 0 aromatic heterocycles. The number of nitrogens with one attached hydrogen (secondary N) is 8. The molecule has 0 aliphatic carbocycles. The summed E-state index contributed by atoms with van der Waals surface area (Å²) >= 11 is 0. The molecule has 0 unspecified atom stereocenters. The number of benzene rings is 4. The van der Waals surface area contributed by atoms with Gasteiger partial charge in [0.15, 0.2) is 0 Å². The molecule has 4 rings (SSSR count). The van der Waals surface area contributed by atoms with Gasteiger partial charge in [0, 0.05) is 22.7 Å². The van der Waals surface area contributed by atoms with Gasteiger partial charge in [-0.05, 0) is 176 Å². The Morgan fingerprint density at radius 3 is 0.909 bits per heavy atom. The standard InChI is InChI=1S/C61H87N13O14/c1-35(2)52(61(83)84)74-56(78)43-34-39(22-26-51(43)88-6)70-60(82)47(18-10-14-30-65)73-55(77)42-33-38(21-25-50(42)87-5)69-59(81)46(17-9-13-29-64)72-54(76)41-32-37(20-24-49(41)86-4)68-58(80)45(16-8-12-28-63)71-53(75)40-31-36(19-23-48(40)85-3)67-57(79)44(66)15-7-11-27-62/h19-26,31-35,44-47,52H,7-18,27-30,62-66H2,1-6H3,(H,67,79)(H,68,80)(H,69,81)(H,70,82)(H,71,75)(H,72,76)(H,73,77)(H,74,78)(H,83,84)/t44-,45-,46-,47-,52-/m0/s1. The first-order chi connectivity index (χ1) is 42.2. The second kappa shape index (κ2) is 37.0. The van der Waals surface area contributed by atoms with Crippen LogP contribution in [0.15, 0.2) is 72.8 Å². The highest BCUT2D eigenvalue weighted by Crippen LogP contribution is 2.28. The van der Waals surface area contributed by atoms with E-state index in [1.54, 1.807) is 19.9 Å². The number of carboxylic acids is 1. The van der Waals surface area contributed by atoms with Crippen LogP contribution in [0, 0.1) is 5.92 Å². The Labute approximate surface area is 512 Å². The number of carbonyl (C=O) groups is 9. The van der Waals surface area contributed by atoms with Crippen molar-refractivity contribution in [3.63, 3.8) is 0 Å². The molecule has 0 saturated carbocycles. The third kappa shape index (κ3) is 21.8. The average molecular weight is 1230 g/mol. The number of amides is 8. The van der Waals surface area contributed by atoms with E-state index in [1.807, 2.05) is 0 Å². The fraction of sp³-hybridized carbons (Fsp3) is 0.459. The Morgan fingerprint density at radius 2 is 0.659 bits per heavy atom. The Hall–Kier alpha value is -8.89. The Morgan fingerprint density at radius 1 is 0.398 bits per heavy atom. The number of rotatable bonds is 38. The van der Waals surface area contributed by atoms with Crippen molar-refractivity contribution >= 4 is 76.0 Å². The summed E-state index contributed by atoms with van der Waals surface area (Å²) in [5, 5.41) is 31.5. The zero-order valence-electron chi connectivity index (χ0n) is 50.8. The van der Waals surface area contributed by atoms with Gasteiger partial charge in [0.25, 0.3) is 23.6 Å². The number of hydrogen-bond donors (Lipinski definition) is 14. The number of anilines is 4. The van der Waals surface area contributed by atoms with E-state index in [1.165, 1.54) is 95.2 Å². The number of aliphatic carboxylic acids is 1. The van der Waals surface area contributed by atoms with Crippen LogP contribution in [0.1, 0.15) is 132 Å². The normalized spacial score (nSPS) is 12.6.